The van der Waals surface area contributed by atoms with Gasteiger partial charge in [0.2, 0.25) is 10.0 Å². The van der Waals surface area contributed by atoms with Crippen molar-refractivity contribution in [3.8, 4) is 0 Å². The number of sulfonamides is 1. The average molecular weight is 283 g/mol. The highest BCUT2D eigenvalue weighted by atomic mass is 32.2. The molecule has 5 nitrogen and oxygen atoms in total. The topological polar surface area (TPSA) is 62.3 Å². The van der Waals surface area contributed by atoms with E-state index >= 15 is 0 Å². The fourth-order valence-electron chi connectivity index (χ4n) is 2.21. The van der Waals surface area contributed by atoms with E-state index in [1.165, 1.54) is 12.8 Å². The largest absolute Gasteiger partial charge is 0.302 e. The highest BCUT2D eigenvalue weighted by Gasteiger charge is 2.16. The lowest BCUT2D eigenvalue weighted by Crippen LogP contribution is -2.33. The second kappa shape index (κ2) is 6.45. The van der Waals surface area contributed by atoms with Crippen molar-refractivity contribution in [2.45, 2.75) is 26.3 Å². The van der Waals surface area contributed by atoms with Gasteiger partial charge in [-0.2, -0.15) is 0 Å². The summed E-state index contributed by atoms with van der Waals surface area (Å²) >= 11 is 0. The summed E-state index contributed by atoms with van der Waals surface area (Å²) in [6.45, 7) is 4.87. The maximum atomic E-state index is 11.9. The first-order valence-corrected chi connectivity index (χ1v) is 8.32. The first-order chi connectivity index (χ1) is 9.07. The van der Waals surface area contributed by atoms with Crippen LogP contribution in [0.3, 0.4) is 0 Å². The quantitative estimate of drug-likeness (QED) is 0.843. The molecule has 0 spiro atoms. The predicted molar refractivity (Wildman–Crippen MR) is 75.3 cm³/mol. The summed E-state index contributed by atoms with van der Waals surface area (Å²) in [5.41, 5.74) is 1.79. The van der Waals surface area contributed by atoms with Crippen LogP contribution in [0.2, 0.25) is 0 Å². The van der Waals surface area contributed by atoms with Crippen molar-refractivity contribution >= 4 is 10.0 Å². The Balaban J connectivity index is 1.82. The second-order valence-electron chi connectivity index (χ2n) is 4.96. The molecule has 1 aromatic heterocycles. The molecule has 1 N–H and O–H groups in total. The fourth-order valence-corrected chi connectivity index (χ4v) is 3.21. The molecule has 1 aliphatic rings. The molecule has 2 rings (SSSR count). The van der Waals surface area contributed by atoms with Gasteiger partial charge in [0, 0.05) is 12.7 Å². The van der Waals surface area contributed by atoms with E-state index in [1.54, 1.807) is 6.20 Å². The van der Waals surface area contributed by atoms with Gasteiger partial charge in [-0.25, -0.2) is 13.1 Å². The number of hydrogen-bond donors (Lipinski definition) is 1. The Hall–Kier alpha value is -0.980. The van der Waals surface area contributed by atoms with Crippen LogP contribution < -0.4 is 4.72 Å². The normalized spacial score (nSPS) is 16.9. The Labute approximate surface area is 115 Å². The number of rotatable bonds is 6. The molecule has 6 heteroatoms. The van der Waals surface area contributed by atoms with Crippen molar-refractivity contribution < 1.29 is 8.42 Å². The number of nitrogens with one attached hydrogen (secondary N) is 1. The van der Waals surface area contributed by atoms with Gasteiger partial charge < -0.3 is 4.90 Å². The number of aryl methyl sites for hydroxylation is 1. The van der Waals surface area contributed by atoms with E-state index in [0.29, 0.717) is 6.54 Å². The first kappa shape index (κ1) is 14.4. The van der Waals surface area contributed by atoms with Gasteiger partial charge in [-0.3, -0.25) is 4.98 Å². The molecular formula is C13H21N3O2S. The van der Waals surface area contributed by atoms with Crippen LogP contribution in [-0.2, 0) is 16.6 Å². The third kappa shape index (κ3) is 4.56. The van der Waals surface area contributed by atoms with E-state index < -0.39 is 10.0 Å². The SMILES string of the molecule is Cc1cccnc1CNS(=O)(=O)CCN1CCCC1. The molecule has 19 heavy (non-hydrogen) atoms. The van der Waals surface area contributed by atoms with Crippen molar-refractivity contribution in [3.05, 3.63) is 29.6 Å². The summed E-state index contributed by atoms with van der Waals surface area (Å²) in [6.07, 6.45) is 4.04. The zero-order chi connectivity index (χ0) is 13.7. The van der Waals surface area contributed by atoms with Gasteiger partial charge in [0.25, 0.3) is 0 Å². The van der Waals surface area contributed by atoms with E-state index in [4.69, 9.17) is 0 Å². The molecule has 1 fully saturated rings. The van der Waals surface area contributed by atoms with Crippen LogP contribution >= 0.6 is 0 Å². The summed E-state index contributed by atoms with van der Waals surface area (Å²) in [6, 6.07) is 3.78. The lowest BCUT2D eigenvalue weighted by molar-refractivity contribution is 0.358. The molecule has 0 aromatic carbocycles. The molecule has 0 unspecified atom stereocenters. The maximum absolute atomic E-state index is 11.9. The molecule has 0 bridgehead atoms. The minimum atomic E-state index is -3.22. The monoisotopic (exact) mass is 283 g/mol. The molecule has 1 aromatic rings. The molecule has 1 saturated heterocycles. The highest BCUT2D eigenvalue weighted by Crippen LogP contribution is 2.07. The maximum Gasteiger partial charge on any atom is 0.213 e. The number of nitrogens with zero attached hydrogens (tertiary/aromatic N) is 2. The minimum Gasteiger partial charge on any atom is -0.302 e. The summed E-state index contributed by atoms with van der Waals surface area (Å²) in [5, 5.41) is 0. The van der Waals surface area contributed by atoms with E-state index in [2.05, 4.69) is 14.6 Å². The van der Waals surface area contributed by atoms with E-state index in [0.717, 1.165) is 24.3 Å². The van der Waals surface area contributed by atoms with Crippen molar-refractivity contribution in [3.63, 3.8) is 0 Å². The van der Waals surface area contributed by atoms with E-state index in [9.17, 15) is 8.42 Å². The summed E-state index contributed by atoms with van der Waals surface area (Å²) in [7, 11) is -3.22. The van der Waals surface area contributed by atoms with Crippen molar-refractivity contribution in [1.29, 1.82) is 0 Å². The number of aromatic nitrogens is 1. The van der Waals surface area contributed by atoms with Crippen LogP contribution in [0, 0.1) is 6.92 Å². The van der Waals surface area contributed by atoms with Gasteiger partial charge in [0.1, 0.15) is 0 Å². The summed E-state index contributed by atoms with van der Waals surface area (Å²) < 4.78 is 26.4. The van der Waals surface area contributed by atoms with Crippen LogP contribution in [0.4, 0.5) is 0 Å². The Kier molecular flexibility index (Phi) is 4.90. The standard InChI is InChI=1S/C13H21N3O2S/c1-12-5-4-6-14-13(12)11-15-19(17,18)10-9-16-7-2-3-8-16/h4-6,15H,2-3,7-11H2,1H3. The summed E-state index contributed by atoms with van der Waals surface area (Å²) in [4.78, 5) is 6.38. The third-order valence-corrected chi connectivity index (χ3v) is 4.76. The molecule has 2 heterocycles. The lowest BCUT2D eigenvalue weighted by atomic mass is 10.2. The van der Waals surface area contributed by atoms with Gasteiger partial charge in [-0.1, -0.05) is 6.07 Å². The van der Waals surface area contributed by atoms with E-state index in [1.807, 2.05) is 19.1 Å². The van der Waals surface area contributed by atoms with E-state index in [-0.39, 0.29) is 12.3 Å². The fraction of sp³-hybridized carbons (Fsp3) is 0.615. The Bertz CT molecular complexity index is 510. The van der Waals surface area contributed by atoms with Crippen LogP contribution in [0.25, 0.3) is 0 Å². The van der Waals surface area contributed by atoms with Gasteiger partial charge in [0.15, 0.2) is 0 Å². The molecular weight excluding hydrogens is 262 g/mol. The van der Waals surface area contributed by atoms with Crippen molar-refractivity contribution in [2.75, 3.05) is 25.4 Å². The third-order valence-electron chi connectivity index (χ3n) is 3.45. The highest BCUT2D eigenvalue weighted by molar-refractivity contribution is 7.89. The number of likely N-dealkylation sites (tertiary alicyclic amines) is 1. The zero-order valence-corrected chi connectivity index (χ0v) is 12.1. The van der Waals surface area contributed by atoms with Gasteiger partial charge in [-0.15, -0.1) is 0 Å². The van der Waals surface area contributed by atoms with Crippen molar-refractivity contribution in [2.24, 2.45) is 0 Å². The minimum absolute atomic E-state index is 0.166. The Morgan fingerprint density at radius 3 is 2.79 bits per heavy atom. The first-order valence-electron chi connectivity index (χ1n) is 6.67. The molecule has 106 valence electrons. The van der Waals surface area contributed by atoms with Crippen LogP contribution in [0.5, 0.6) is 0 Å². The van der Waals surface area contributed by atoms with Crippen LogP contribution in [0.1, 0.15) is 24.1 Å². The Morgan fingerprint density at radius 1 is 1.37 bits per heavy atom. The molecule has 0 saturated carbocycles. The number of pyridine rings is 1. The van der Waals surface area contributed by atoms with Crippen LogP contribution in [0.15, 0.2) is 18.3 Å². The smallest absolute Gasteiger partial charge is 0.213 e. The molecule has 0 atom stereocenters. The molecule has 0 aliphatic carbocycles. The Morgan fingerprint density at radius 2 is 2.11 bits per heavy atom. The lowest BCUT2D eigenvalue weighted by Gasteiger charge is -2.14. The second-order valence-corrected chi connectivity index (χ2v) is 6.88. The summed E-state index contributed by atoms with van der Waals surface area (Å²) in [5.74, 6) is 0.166. The predicted octanol–water partition coefficient (Wildman–Crippen LogP) is 0.905. The molecule has 1 aliphatic heterocycles. The van der Waals surface area contributed by atoms with Gasteiger partial charge >= 0.3 is 0 Å². The number of hydrogen-bond acceptors (Lipinski definition) is 4. The average Bonchev–Trinajstić information content (AvgIpc) is 2.89. The van der Waals surface area contributed by atoms with Crippen molar-refractivity contribution in [1.82, 2.24) is 14.6 Å². The van der Waals surface area contributed by atoms with Gasteiger partial charge in [-0.05, 0) is 44.5 Å². The zero-order valence-electron chi connectivity index (χ0n) is 11.3. The van der Waals surface area contributed by atoms with Crippen LogP contribution in [-0.4, -0.2) is 43.7 Å². The molecule has 0 amide bonds. The van der Waals surface area contributed by atoms with Gasteiger partial charge in [0.05, 0.1) is 18.0 Å². The molecule has 0 radical (unpaired) electrons.